The number of hydrogen-bond donors (Lipinski definition) is 2. The Morgan fingerprint density at radius 3 is 2.64 bits per heavy atom. The zero-order chi connectivity index (χ0) is 26.2. The third kappa shape index (κ3) is 4.61. The molecule has 0 amide bonds. The van der Waals surface area contributed by atoms with Gasteiger partial charge >= 0.3 is 0 Å². The van der Waals surface area contributed by atoms with Crippen molar-refractivity contribution in [1.82, 2.24) is 35.0 Å². The summed E-state index contributed by atoms with van der Waals surface area (Å²) in [4.78, 5) is 18.7. The molecule has 1 fully saturated rings. The van der Waals surface area contributed by atoms with E-state index in [1.807, 2.05) is 30.3 Å². The van der Waals surface area contributed by atoms with Gasteiger partial charge in [-0.05, 0) is 67.4 Å². The molecule has 9 heteroatoms. The van der Waals surface area contributed by atoms with Crippen LogP contribution in [0.4, 0.5) is 4.39 Å². The molecule has 0 spiro atoms. The van der Waals surface area contributed by atoms with Gasteiger partial charge in [0, 0.05) is 58.6 Å². The molecule has 1 saturated heterocycles. The van der Waals surface area contributed by atoms with E-state index in [9.17, 15) is 4.39 Å². The molecule has 6 aromatic rings. The number of rotatable bonds is 7. The van der Waals surface area contributed by atoms with E-state index in [2.05, 4.69) is 41.1 Å². The zero-order valence-corrected chi connectivity index (χ0v) is 21.2. The number of H-pyrrole nitrogens is 2. The first-order valence-electron chi connectivity index (χ1n) is 13.1. The molecule has 0 aliphatic carbocycles. The summed E-state index contributed by atoms with van der Waals surface area (Å²) in [5.74, 6) is 0.219. The van der Waals surface area contributed by atoms with Gasteiger partial charge in [-0.2, -0.15) is 5.10 Å². The molecule has 2 aromatic carbocycles. The predicted octanol–water partition coefficient (Wildman–Crippen LogP) is 5.84. The monoisotopic (exact) mass is 519 g/mol. The van der Waals surface area contributed by atoms with Crippen molar-refractivity contribution in [3.63, 3.8) is 0 Å². The van der Waals surface area contributed by atoms with Gasteiger partial charge in [-0.3, -0.25) is 10.00 Å². The highest BCUT2D eigenvalue weighted by atomic mass is 19.1. The van der Waals surface area contributed by atoms with Crippen LogP contribution >= 0.6 is 0 Å². The minimum atomic E-state index is -0.321. The standard InChI is InChI=1S/C30H26FN7O/c31-22-10-19(11-23(13-22)39-9-8-38-6-1-2-7-38)24-4-3-5-27-25(24)14-28(35-27)29-26-12-20(17-34-30(26)37-36-29)21-15-32-18-33-16-21/h3-5,10-18,35H,1-2,6-9H2,(H,34,36,37). The van der Waals surface area contributed by atoms with E-state index in [1.165, 1.54) is 25.2 Å². The molecule has 4 aromatic heterocycles. The molecule has 39 heavy (non-hydrogen) atoms. The number of pyridine rings is 1. The van der Waals surface area contributed by atoms with Gasteiger partial charge in [-0.25, -0.2) is 19.3 Å². The van der Waals surface area contributed by atoms with Crippen LogP contribution in [0, 0.1) is 5.82 Å². The summed E-state index contributed by atoms with van der Waals surface area (Å²) in [6.45, 7) is 3.62. The maximum atomic E-state index is 14.7. The summed E-state index contributed by atoms with van der Waals surface area (Å²) in [5.41, 5.74) is 6.67. The van der Waals surface area contributed by atoms with Crippen LogP contribution in [-0.2, 0) is 0 Å². The van der Waals surface area contributed by atoms with E-state index in [4.69, 9.17) is 4.74 Å². The second-order valence-corrected chi connectivity index (χ2v) is 9.84. The largest absolute Gasteiger partial charge is 0.492 e. The van der Waals surface area contributed by atoms with Crippen LogP contribution in [-0.4, -0.2) is 61.3 Å². The molecule has 2 N–H and O–H groups in total. The summed E-state index contributed by atoms with van der Waals surface area (Å²) < 4.78 is 20.7. The van der Waals surface area contributed by atoms with E-state index in [0.29, 0.717) is 18.0 Å². The van der Waals surface area contributed by atoms with Gasteiger partial charge in [0.1, 0.15) is 30.2 Å². The van der Waals surface area contributed by atoms with Crippen molar-refractivity contribution in [1.29, 1.82) is 0 Å². The Kier molecular flexibility index (Phi) is 5.97. The van der Waals surface area contributed by atoms with Crippen molar-refractivity contribution in [2.45, 2.75) is 12.8 Å². The van der Waals surface area contributed by atoms with Gasteiger partial charge in [0.2, 0.25) is 0 Å². The van der Waals surface area contributed by atoms with Gasteiger partial charge in [0.05, 0.1) is 5.69 Å². The highest BCUT2D eigenvalue weighted by molar-refractivity contribution is 6.01. The van der Waals surface area contributed by atoms with E-state index in [-0.39, 0.29) is 5.82 Å². The number of nitrogens with zero attached hydrogens (tertiary/aromatic N) is 5. The Morgan fingerprint density at radius 2 is 1.77 bits per heavy atom. The Morgan fingerprint density at radius 1 is 0.897 bits per heavy atom. The molecule has 5 heterocycles. The van der Waals surface area contributed by atoms with Crippen molar-refractivity contribution in [2.75, 3.05) is 26.2 Å². The number of ether oxygens (including phenoxy) is 1. The van der Waals surface area contributed by atoms with Crippen LogP contribution in [0.2, 0.25) is 0 Å². The lowest BCUT2D eigenvalue weighted by atomic mass is 10.0. The van der Waals surface area contributed by atoms with Crippen molar-refractivity contribution < 1.29 is 9.13 Å². The number of halogens is 1. The second-order valence-electron chi connectivity index (χ2n) is 9.84. The minimum Gasteiger partial charge on any atom is -0.492 e. The smallest absolute Gasteiger partial charge is 0.155 e. The van der Waals surface area contributed by atoms with Gasteiger partial charge in [-0.1, -0.05) is 12.1 Å². The SMILES string of the molecule is Fc1cc(OCCN2CCCC2)cc(-c2cccc3[nH]c(-c4n[nH]c5ncc(-c6cncnc6)cc45)cc23)c1. The highest BCUT2D eigenvalue weighted by Gasteiger charge is 2.16. The van der Waals surface area contributed by atoms with E-state index < -0.39 is 0 Å². The van der Waals surface area contributed by atoms with Gasteiger partial charge in [0.25, 0.3) is 0 Å². The number of hydrogen-bond acceptors (Lipinski definition) is 6. The Bertz CT molecular complexity index is 1770. The molecule has 194 valence electrons. The molecule has 0 saturated carbocycles. The Hall–Kier alpha value is -4.63. The number of aromatic nitrogens is 6. The normalized spacial score (nSPS) is 14.0. The first-order valence-corrected chi connectivity index (χ1v) is 13.1. The summed E-state index contributed by atoms with van der Waals surface area (Å²) in [6, 6.07) is 15.0. The maximum absolute atomic E-state index is 14.7. The van der Waals surface area contributed by atoms with Gasteiger partial charge < -0.3 is 9.72 Å². The third-order valence-electron chi connectivity index (χ3n) is 7.29. The Balaban J connectivity index is 1.23. The quantitative estimate of drug-likeness (QED) is 0.275. The first kappa shape index (κ1) is 23.5. The van der Waals surface area contributed by atoms with Gasteiger partial charge in [-0.15, -0.1) is 0 Å². The number of aromatic amines is 2. The molecule has 0 radical (unpaired) electrons. The topological polar surface area (TPSA) is 95.6 Å². The summed E-state index contributed by atoms with van der Waals surface area (Å²) >= 11 is 0. The molecular weight excluding hydrogens is 493 g/mol. The lowest BCUT2D eigenvalue weighted by Crippen LogP contribution is -2.25. The fourth-order valence-corrected chi connectivity index (χ4v) is 5.35. The van der Waals surface area contributed by atoms with Crippen LogP contribution < -0.4 is 4.74 Å². The first-order chi connectivity index (χ1) is 19.2. The predicted molar refractivity (Wildman–Crippen MR) is 149 cm³/mol. The number of fused-ring (bicyclic) bond motifs is 2. The number of benzene rings is 2. The molecule has 7 rings (SSSR count). The van der Waals surface area contributed by atoms with Gasteiger partial charge in [0.15, 0.2) is 5.65 Å². The summed E-state index contributed by atoms with van der Waals surface area (Å²) in [6.07, 6.45) is 9.27. The molecule has 1 aliphatic rings. The average molecular weight is 520 g/mol. The van der Waals surface area contributed by atoms with Crippen LogP contribution in [0.3, 0.4) is 0 Å². The fourth-order valence-electron chi connectivity index (χ4n) is 5.35. The molecule has 8 nitrogen and oxygen atoms in total. The van der Waals surface area contributed by atoms with Crippen LogP contribution in [0.5, 0.6) is 5.75 Å². The average Bonchev–Trinajstić information content (AvgIpc) is 3.72. The van der Waals surface area contributed by atoms with Crippen molar-refractivity contribution in [3.05, 3.63) is 79.3 Å². The maximum Gasteiger partial charge on any atom is 0.155 e. The molecule has 0 unspecified atom stereocenters. The second kappa shape index (κ2) is 9.92. The van der Waals surface area contributed by atoms with Crippen molar-refractivity contribution in [3.8, 4) is 39.4 Å². The van der Waals surface area contributed by atoms with Crippen molar-refractivity contribution in [2.24, 2.45) is 0 Å². The zero-order valence-electron chi connectivity index (χ0n) is 21.2. The summed E-state index contributed by atoms with van der Waals surface area (Å²) in [7, 11) is 0. The number of nitrogens with one attached hydrogen (secondary N) is 2. The molecule has 1 aliphatic heterocycles. The summed E-state index contributed by atoms with van der Waals surface area (Å²) in [5, 5.41) is 9.44. The van der Waals surface area contributed by atoms with E-state index >= 15 is 0 Å². The van der Waals surface area contributed by atoms with E-state index in [1.54, 1.807) is 24.7 Å². The van der Waals surface area contributed by atoms with Crippen LogP contribution in [0.15, 0.2) is 73.4 Å². The number of likely N-dealkylation sites (tertiary alicyclic amines) is 1. The van der Waals surface area contributed by atoms with Crippen LogP contribution in [0.1, 0.15) is 12.8 Å². The molecule has 0 bridgehead atoms. The van der Waals surface area contributed by atoms with Crippen molar-refractivity contribution >= 4 is 21.9 Å². The highest BCUT2D eigenvalue weighted by Crippen LogP contribution is 2.36. The minimum absolute atomic E-state index is 0.321. The Labute approximate surface area is 223 Å². The molecular formula is C30H26FN7O. The lowest BCUT2D eigenvalue weighted by molar-refractivity contribution is 0.237. The van der Waals surface area contributed by atoms with Crippen LogP contribution in [0.25, 0.3) is 55.6 Å². The lowest BCUT2D eigenvalue weighted by Gasteiger charge is -2.15. The third-order valence-corrected chi connectivity index (χ3v) is 7.29. The van der Waals surface area contributed by atoms with E-state index in [0.717, 1.165) is 69.6 Å². The fraction of sp³-hybridized carbons (Fsp3) is 0.200. The molecule has 0 atom stereocenters.